The lowest BCUT2D eigenvalue weighted by atomic mass is 10.1. The molecular formula is C21H26ClFN4O3S2. The number of aliphatic hydroxyl groups excluding tert-OH is 1. The number of aliphatic imine (C=N–C) groups is 2. The Morgan fingerprint density at radius 2 is 2.31 bits per heavy atom. The van der Waals surface area contributed by atoms with Gasteiger partial charge in [0.25, 0.3) is 0 Å². The first kappa shape index (κ1) is 26.4. The van der Waals surface area contributed by atoms with Gasteiger partial charge >= 0.3 is 5.97 Å². The zero-order valence-corrected chi connectivity index (χ0v) is 20.4. The Labute approximate surface area is 201 Å². The van der Waals surface area contributed by atoms with E-state index >= 15 is 0 Å². The number of benzene rings is 1. The van der Waals surface area contributed by atoms with Crippen LogP contribution in [0.15, 0.2) is 58.3 Å². The average Bonchev–Trinajstić information content (AvgIpc) is 2.77. The second-order valence-electron chi connectivity index (χ2n) is 6.32. The molecule has 0 atom stereocenters. The number of carbonyl (C=O) groups excluding carboxylic acids is 1. The summed E-state index contributed by atoms with van der Waals surface area (Å²) < 4.78 is 19.3. The van der Waals surface area contributed by atoms with E-state index in [1.165, 1.54) is 30.1 Å². The first-order valence-electron chi connectivity index (χ1n) is 9.79. The number of aliphatic hydroxyl groups is 1. The number of nitrogens with zero attached hydrogens (tertiary/aromatic N) is 4. The summed E-state index contributed by atoms with van der Waals surface area (Å²) in [7, 11) is 0. The van der Waals surface area contributed by atoms with Crippen LogP contribution in [0.4, 0.5) is 4.39 Å². The highest BCUT2D eigenvalue weighted by atomic mass is 35.5. The van der Waals surface area contributed by atoms with E-state index in [4.69, 9.17) is 16.3 Å². The lowest BCUT2D eigenvalue weighted by Crippen LogP contribution is -2.47. The summed E-state index contributed by atoms with van der Waals surface area (Å²) in [5.41, 5.74) is 1.44. The standard InChI is InChI=1S/C15H22N4O3S2.C6H4ClF/c1-4-16-14(23-3)13-17-8-11(15(21)22-5-2)12-9-18(6-7-20)24-10-19(12)13;7-5-2-1-3-6(8)4-5/h4,20H,1,5-10H2,2-3H3;1-4H. The van der Waals surface area contributed by atoms with E-state index < -0.39 is 0 Å². The lowest BCUT2D eigenvalue weighted by molar-refractivity contribution is -0.138. The quantitative estimate of drug-likeness (QED) is 0.275. The molecule has 11 heteroatoms. The molecule has 0 radical (unpaired) electrons. The Hall–Kier alpha value is -1.85. The molecule has 0 bridgehead atoms. The molecule has 2 heterocycles. The van der Waals surface area contributed by atoms with Gasteiger partial charge in [0.05, 0.1) is 37.8 Å². The third-order valence-electron chi connectivity index (χ3n) is 4.26. The van der Waals surface area contributed by atoms with Crippen molar-refractivity contribution in [3.8, 4) is 0 Å². The van der Waals surface area contributed by atoms with Crippen LogP contribution in [0.1, 0.15) is 6.92 Å². The summed E-state index contributed by atoms with van der Waals surface area (Å²) >= 11 is 8.49. The van der Waals surface area contributed by atoms with Crippen LogP contribution >= 0.6 is 35.3 Å². The van der Waals surface area contributed by atoms with Crippen LogP contribution in [-0.4, -0.2) is 76.1 Å². The highest BCUT2D eigenvalue weighted by Crippen LogP contribution is 2.31. The zero-order chi connectivity index (χ0) is 23.5. The first-order valence-corrected chi connectivity index (χ1v) is 12.3. The highest BCUT2D eigenvalue weighted by molar-refractivity contribution is 8.15. The van der Waals surface area contributed by atoms with Gasteiger partial charge in [-0.15, -0.1) is 11.8 Å². The smallest absolute Gasteiger partial charge is 0.337 e. The van der Waals surface area contributed by atoms with Crippen molar-refractivity contribution in [1.29, 1.82) is 0 Å². The maximum atomic E-state index is 12.3. The van der Waals surface area contributed by atoms with Crippen molar-refractivity contribution in [1.82, 2.24) is 9.21 Å². The summed E-state index contributed by atoms with van der Waals surface area (Å²) in [5.74, 6) is 0.731. The maximum absolute atomic E-state index is 12.3. The normalized spacial score (nSPS) is 16.6. The van der Waals surface area contributed by atoms with Gasteiger partial charge in [0.1, 0.15) is 10.9 Å². The topological polar surface area (TPSA) is 77.7 Å². The van der Waals surface area contributed by atoms with Crippen molar-refractivity contribution in [3.05, 3.63) is 59.2 Å². The Balaban J connectivity index is 0.000000380. The molecule has 1 aromatic carbocycles. The predicted molar refractivity (Wildman–Crippen MR) is 131 cm³/mol. The second kappa shape index (κ2) is 13.6. The third kappa shape index (κ3) is 7.35. The second-order valence-corrected chi connectivity index (χ2v) is 8.58. The van der Waals surface area contributed by atoms with Crippen molar-refractivity contribution in [2.24, 2.45) is 9.98 Å². The summed E-state index contributed by atoms with van der Waals surface area (Å²) in [6.45, 7) is 7.20. The number of carbonyl (C=O) groups is 1. The molecule has 0 unspecified atom stereocenters. The minimum Gasteiger partial charge on any atom is -0.463 e. The molecule has 0 spiro atoms. The monoisotopic (exact) mass is 500 g/mol. The van der Waals surface area contributed by atoms with Crippen molar-refractivity contribution >= 4 is 52.2 Å². The van der Waals surface area contributed by atoms with Crippen LogP contribution in [0.3, 0.4) is 0 Å². The van der Waals surface area contributed by atoms with Crippen LogP contribution in [0.2, 0.25) is 5.02 Å². The molecule has 1 N–H and O–H groups in total. The molecule has 32 heavy (non-hydrogen) atoms. The molecule has 1 aromatic rings. The minimum absolute atomic E-state index is 0.0734. The van der Waals surface area contributed by atoms with Crippen molar-refractivity contribution in [2.45, 2.75) is 6.92 Å². The van der Waals surface area contributed by atoms with Gasteiger partial charge in [-0.25, -0.2) is 18.5 Å². The third-order valence-corrected chi connectivity index (χ3v) is 6.22. The van der Waals surface area contributed by atoms with Crippen LogP contribution in [0.25, 0.3) is 0 Å². The number of hydrogen-bond donors (Lipinski definition) is 1. The fourth-order valence-corrected chi connectivity index (χ4v) is 4.57. The van der Waals surface area contributed by atoms with Crippen LogP contribution < -0.4 is 0 Å². The van der Waals surface area contributed by atoms with Gasteiger partial charge in [-0.2, -0.15) is 0 Å². The number of β-amino-alcohol motifs (C(OH)–C–C–N with tert-alkyl or cyclic N) is 1. The molecule has 2 aliphatic heterocycles. The van der Waals surface area contributed by atoms with Crippen LogP contribution in [0, 0.1) is 5.82 Å². The van der Waals surface area contributed by atoms with E-state index in [9.17, 15) is 14.3 Å². The molecule has 2 aliphatic rings. The number of rotatable bonds is 6. The predicted octanol–water partition coefficient (Wildman–Crippen LogP) is 3.82. The number of amidine groups is 1. The summed E-state index contributed by atoms with van der Waals surface area (Å²) in [6, 6.07) is 5.82. The van der Waals surface area contributed by atoms with E-state index in [1.807, 2.05) is 15.5 Å². The molecule has 174 valence electrons. The minimum atomic E-state index is -0.331. The molecule has 1 saturated heterocycles. The maximum Gasteiger partial charge on any atom is 0.337 e. The molecule has 0 amide bonds. The van der Waals surface area contributed by atoms with Gasteiger partial charge in [0.2, 0.25) is 0 Å². The number of hydrogen-bond acceptors (Lipinski definition) is 9. The Morgan fingerprint density at radius 1 is 1.53 bits per heavy atom. The molecule has 0 saturated carbocycles. The Morgan fingerprint density at radius 3 is 2.88 bits per heavy atom. The number of ether oxygens (including phenoxy) is 1. The molecule has 7 nitrogen and oxygen atoms in total. The first-order chi connectivity index (χ1) is 15.4. The molecular weight excluding hydrogens is 475 g/mol. The highest BCUT2D eigenvalue weighted by Gasteiger charge is 2.34. The van der Waals surface area contributed by atoms with Crippen LogP contribution in [-0.2, 0) is 9.53 Å². The van der Waals surface area contributed by atoms with Crippen molar-refractivity contribution in [2.75, 3.05) is 45.0 Å². The number of fused-ring (bicyclic) bond motifs is 1. The molecule has 1 fully saturated rings. The Kier molecular flexibility index (Phi) is 11.3. The average molecular weight is 501 g/mol. The fraction of sp³-hybridized carbons (Fsp3) is 0.381. The number of esters is 1. The van der Waals surface area contributed by atoms with E-state index in [0.29, 0.717) is 36.2 Å². The van der Waals surface area contributed by atoms with E-state index in [1.54, 1.807) is 31.0 Å². The van der Waals surface area contributed by atoms with E-state index in [0.717, 1.165) is 16.6 Å². The SMILES string of the molecule is C=CN=C(SC)C1=NCC(C(=O)OCC)=C2CN(CCO)SCN12.Fc1cccc(Cl)c1. The molecule has 0 aliphatic carbocycles. The largest absolute Gasteiger partial charge is 0.463 e. The van der Waals surface area contributed by atoms with Gasteiger partial charge in [-0.3, -0.25) is 4.99 Å². The van der Waals surface area contributed by atoms with Gasteiger partial charge < -0.3 is 14.7 Å². The molecule has 0 aromatic heterocycles. The van der Waals surface area contributed by atoms with Crippen molar-refractivity contribution < 1.29 is 19.0 Å². The van der Waals surface area contributed by atoms with Gasteiger partial charge in [0.15, 0.2) is 5.84 Å². The zero-order valence-electron chi connectivity index (χ0n) is 18.0. The fourth-order valence-electron chi connectivity index (χ4n) is 2.88. The number of halogens is 2. The lowest BCUT2D eigenvalue weighted by Gasteiger charge is -2.40. The van der Waals surface area contributed by atoms with Gasteiger partial charge in [-0.1, -0.05) is 36.2 Å². The summed E-state index contributed by atoms with van der Waals surface area (Å²) in [4.78, 5) is 23.1. The van der Waals surface area contributed by atoms with Crippen molar-refractivity contribution in [3.63, 3.8) is 0 Å². The van der Waals surface area contributed by atoms with Crippen LogP contribution in [0.5, 0.6) is 0 Å². The molecule has 3 rings (SSSR count). The van der Waals surface area contributed by atoms with Gasteiger partial charge in [-0.05, 0) is 31.4 Å². The Bertz CT molecular complexity index is 894. The summed E-state index contributed by atoms with van der Waals surface area (Å²) in [6.07, 6.45) is 3.43. The summed E-state index contributed by atoms with van der Waals surface area (Å²) in [5, 5.41) is 10.4. The van der Waals surface area contributed by atoms with Gasteiger partial charge in [0, 0.05) is 23.5 Å². The number of thioether (sulfide) groups is 1. The van der Waals surface area contributed by atoms with E-state index in [-0.39, 0.29) is 24.9 Å². The van der Waals surface area contributed by atoms with E-state index in [2.05, 4.69) is 16.6 Å².